The zero-order chi connectivity index (χ0) is 23.6. The number of nitrogens with one attached hydrogen (secondary N) is 1. The molecule has 0 aliphatic heterocycles. The van der Waals surface area contributed by atoms with Crippen LogP contribution in [0.5, 0.6) is 11.5 Å². The zero-order valence-corrected chi connectivity index (χ0v) is 16.8. The SMILES string of the molecule is O=C(COc1ccccc1C(F)(F)F)Nc1cc(O)c2c(=O)cc(-c3ccccc3)oc2c1. The van der Waals surface area contributed by atoms with Crippen molar-refractivity contribution in [1.29, 1.82) is 0 Å². The van der Waals surface area contributed by atoms with Crippen molar-refractivity contribution >= 4 is 22.6 Å². The largest absolute Gasteiger partial charge is 0.507 e. The van der Waals surface area contributed by atoms with Crippen LogP contribution in [0, 0.1) is 0 Å². The molecule has 0 saturated heterocycles. The van der Waals surface area contributed by atoms with Crippen LogP contribution in [0.2, 0.25) is 0 Å². The summed E-state index contributed by atoms with van der Waals surface area (Å²) in [5.74, 6) is -1.41. The summed E-state index contributed by atoms with van der Waals surface area (Å²) < 4.78 is 50.0. The molecule has 1 amide bonds. The fraction of sp³-hybridized carbons (Fsp3) is 0.0833. The van der Waals surface area contributed by atoms with E-state index in [-0.39, 0.29) is 22.4 Å². The second kappa shape index (κ2) is 8.70. The third-order valence-electron chi connectivity index (χ3n) is 4.70. The number of benzene rings is 3. The van der Waals surface area contributed by atoms with Crippen LogP contribution in [0.25, 0.3) is 22.3 Å². The molecule has 0 aliphatic carbocycles. The highest BCUT2D eigenvalue weighted by Gasteiger charge is 2.34. The molecule has 1 heterocycles. The molecule has 2 N–H and O–H groups in total. The van der Waals surface area contributed by atoms with Gasteiger partial charge < -0.3 is 19.6 Å². The fourth-order valence-corrected chi connectivity index (χ4v) is 3.25. The maximum absolute atomic E-state index is 13.1. The normalized spacial score (nSPS) is 11.4. The first kappa shape index (κ1) is 21.9. The number of ether oxygens (including phenoxy) is 1. The molecule has 0 saturated carbocycles. The summed E-state index contributed by atoms with van der Waals surface area (Å²) in [4.78, 5) is 24.7. The van der Waals surface area contributed by atoms with Gasteiger partial charge in [0.1, 0.15) is 28.2 Å². The maximum Gasteiger partial charge on any atom is 0.419 e. The molecule has 9 heteroatoms. The van der Waals surface area contributed by atoms with Crippen molar-refractivity contribution in [3.05, 3.63) is 88.6 Å². The van der Waals surface area contributed by atoms with Crippen LogP contribution >= 0.6 is 0 Å². The number of hydrogen-bond acceptors (Lipinski definition) is 5. The van der Waals surface area contributed by atoms with Gasteiger partial charge in [-0.1, -0.05) is 42.5 Å². The molecule has 3 aromatic carbocycles. The lowest BCUT2D eigenvalue weighted by Gasteiger charge is -2.14. The number of para-hydroxylation sites is 1. The number of halogens is 3. The van der Waals surface area contributed by atoms with Gasteiger partial charge >= 0.3 is 6.18 Å². The Morgan fingerprint density at radius 1 is 1.00 bits per heavy atom. The number of phenols is 1. The predicted octanol–water partition coefficient (Wildman–Crippen LogP) is 5.20. The summed E-state index contributed by atoms with van der Waals surface area (Å²) in [6.07, 6.45) is -4.63. The number of amides is 1. The number of phenolic OH excluding ortho intramolecular Hbond substituents is 1. The molecule has 6 nitrogen and oxygen atoms in total. The van der Waals surface area contributed by atoms with E-state index in [4.69, 9.17) is 9.15 Å². The Hall–Kier alpha value is -4.27. The van der Waals surface area contributed by atoms with Crippen molar-refractivity contribution in [1.82, 2.24) is 0 Å². The van der Waals surface area contributed by atoms with Gasteiger partial charge in [0.15, 0.2) is 12.0 Å². The second-order valence-corrected chi connectivity index (χ2v) is 7.04. The zero-order valence-electron chi connectivity index (χ0n) is 16.8. The van der Waals surface area contributed by atoms with E-state index in [9.17, 15) is 27.9 Å². The van der Waals surface area contributed by atoms with E-state index < -0.39 is 41.2 Å². The van der Waals surface area contributed by atoms with Gasteiger partial charge in [-0.3, -0.25) is 9.59 Å². The van der Waals surface area contributed by atoms with Crippen LogP contribution in [0.1, 0.15) is 5.56 Å². The van der Waals surface area contributed by atoms with E-state index in [0.717, 1.165) is 18.2 Å². The smallest absolute Gasteiger partial charge is 0.419 e. The quantitative estimate of drug-likeness (QED) is 0.432. The third-order valence-corrected chi connectivity index (χ3v) is 4.70. The molecule has 168 valence electrons. The minimum absolute atomic E-state index is 0.0278. The monoisotopic (exact) mass is 455 g/mol. The average molecular weight is 455 g/mol. The number of alkyl halides is 3. The van der Waals surface area contributed by atoms with E-state index in [1.165, 1.54) is 24.3 Å². The molecule has 0 bridgehead atoms. The Bertz CT molecular complexity index is 1380. The average Bonchev–Trinajstić information content (AvgIpc) is 2.77. The van der Waals surface area contributed by atoms with Crippen molar-refractivity contribution in [2.45, 2.75) is 6.18 Å². The van der Waals surface area contributed by atoms with Crippen molar-refractivity contribution in [2.75, 3.05) is 11.9 Å². The summed E-state index contributed by atoms with van der Waals surface area (Å²) >= 11 is 0. The Morgan fingerprint density at radius 3 is 2.42 bits per heavy atom. The summed E-state index contributed by atoms with van der Waals surface area (Å²) in [6.45, 7) is -0.708. The summed E-state index contributed by atoms with van der Waals surface area (Å²) in [6, 6.07) is 17.1. The highest BCUT2D eigenvalue weighted by atomic mass is 19.4. The molecule has 0 fully saturated rings. The molecule has 0 aliphatic rings. The van der Waals surface area contributed by atoms with Crippen molar-refractivity contribution < 1.29 is 32.2 Å². The minimum Gasteiger partial charge on any atom is -0.507 e. The lowest BCUT2D eigenvalue weighted by atomic mass is 10.1. The van der Waals surface area contributed by atoms with Crippen molar-refractivity contribution in [2.24, 2.45) is 0 Å². The number of carbonyl (C=O) groups is 1. The van der Waals surface area contributed by atoms with E-state index in [2.05, 4.69) is 5.32 Å². The lowest BCUT2D eigenvalue weighted by Crippen LogP contribution is -2.21. The first-order valence-corrected chi connectivity index (χ1v) is 9.67. The van der Waals surface area contributed by atoms with Gasteiger partial charge in [0.2, 0.25) is 0 Å². The van der Waals surface area contributed by atoms with Gasteiger partial charge in [0.25, 0.3) is 5.91 Å². The van der Waals surface area contributed by atoms with Gasteiger partial charge in [-0.05, 0) is 12.1 Å². The number of rotatable bonds is 5. The van der Waals surface area contributed by atoms with E-state index in [0.29, 0.717) is 5.56 Å². The van der Waals surface area contributed by atoms with Gasteiger partial charge in [-0.15, -0.1) is 0 Å². The van der Waals surface area contributed by atoms with E-state index >= 15 is 0 Å². The van der Waals surface area contributed by atoms with Gasteiger partial charge in [0, 0.05) is 29.4 Å². The summed E-state index contributed by atoms with van der Waals surface area (Å²) in [5, 5.41) is 12.6. The first-order chi connectivity index (χ1) is 15.7. The van der Waals surface area contributed by atoms with E-state index in [1.807, 2.05) is 0 Å². The van der Waals surface area contributed by atoms with Crippen LogP contribution in [0.3, 0.4) is 0 Å². The fourth-order valence-electron chi connectivity index (χ4n) is 3.25. The minimum atomic E-state index is -4.63. The third kappa shape index (κ3) is 4.82. The van der Waals surface area contributed by atoms with Crippen molar-refractivity contribution in [3.8, 4) is 22.8 Å². The molecule has 4 aromatic rings. The Kier molecular flexibility index (Phi) is 5.78. The highest BCUT2D eigenvalue weighted by molar-refractivity contribution is 5.96. The Balaban J connectivity index is 1.57. The number of aromatic hydroxyl groups is 1. The molecule has 0 radical (unpaired) electrons. The predicted molar refractivity (Wildman–Crippen MR) is 115 cm³/mol. The molecule has 4 rings (SSSR count). The van der Waals surface area contributed by atoms with Gasteiger partial charge in [0.05, 0.1) is 5.56 Å². The van der Waals surface area contributed by atoms with Gasteiger partial charge in [-0.2, -0.15) is 13.2 Å². The van der Waals surface area contributed by atoms with Crippen LogP contribution in [-0.4, -0.2) is 17.6 Å². The Morgan fingerprint density at radius 2 is 1.70 bits per heavy atom. The van der Waals surface area contributed by atoms with Gasteiger partial charge in [-0.25, -0.2) is 0 Å². The maximum atomic E-state index is 13.1. The lowest BCUT2D eigenvalue weighted by molar-refractivity contribution is -0.139. The molecule has 0 atom stereocenters. The van der Waals surface area contributed by atoms with E-state index in [1.54, 1.807) is 30.3 Å². The number of anilines is 1. The standard InChI is InChI=1S/C24H16F3NO5/c25-24(26,27)16-8-4-5-9-19(16)32-13-22(31)28-15-10-17(29)23-18(30)12-20(33-21(23)11-15)14-6-2-1-3-7-14/h1-12,29H,13H2,(H,28,31). The van der Waals surface area contributed by atoms with Crippen LogP contribution < -0.4 is 15.5 Å². The first-order valence-electron chi connectivity index (χ1n) is 9.67. The topological polar surface area (TPSA) is 88.8 Å². The summed E-state index contributed by atoms with van der Waals surface area (Å²) in [5.41, 5.74) is -0.734. The number of carbonyl (C=O) groups excluding carboxylic acids is 1. The Labute approximate surface area is 184 Å². The van der Waals surface area contributed by atoms with Crippen LogP contribution in [-0.2, 0) is 11.0 Å². The second-order valence-electron chi connectivity index (χ2n) is 7.04. The molecular formula is C24H16F3NO5. The molecule has 0 spiro atoms. The molecule has 1 aromatic heterocycles. The van der Waals surface area contributed by atoms with Crippen LogP contribution in [0.15, 0.2) is 82.0 Å². The molecule has 33 heavy (non-hydrogen) atoms. The summed E-state index contributed by atoms with van der Waals surface area (Å²) in [7, 11) is 0. The molecular weight excluding hydrogens is 439 g/mol. The highest BCUT2D eigenvalue weighted by Crippen LogP contribution is 2.36. The number of hydrogen-bond donors (Lipinski definition) is 2. The van der Waals surface area contributed by atoms with Crippen molar-refractivity contribution in [3.63, 3.8) is 0 Å². The van der Waals surface area contributed by atoms with Crippen LogP contribution in [0.4, 0.5) is 18.9 Å². The number of fused-ring (bicyclic) bond motifs is 1. The molecule has 0 unspecified atom stereocenters.